The van der Waals surface area contributed by atoms with E-state index in [9.17, 15) is 5.11 Å². The van der Waals surface area contributed by atoms with Crippen LogP contribution < -0.4 is 5.73 Å². The number of benzene rings is 1. The molecule has 0 bridgehead atoms. The highest BCUT2D eigenvalue weighted by molar-refractivity contribution is 5.66. The molecule has 1 aromatic heterocycles. The number of nitrogens with two attached hydrogens (primary N) is 1. The first-order valence-electron chi connectivity index (χ1n) is 5.51. The van der Waals surface area contributed by atoms with Crippen molar-refractivity contribution >= 4 is 5.69 Å². The summed E-state index contributed by atoms with van der Waals surface area (Å²) in [4.78, 5) is 4.27. The van der Waals surface area contributed by atoms with Gasteiger partial charge in [0.2, 0.25) is 0 Å². The average Bonchev–Trinajstić information content (AvgIpc) is 2.28. The number of anilines is 1. The van der Waals surface area contributed by atoms with Crippen molar-refractivity contribution in [3.8, 4) is 11.1 Å². The smallest absolute Gasteiger partial charge is 0.101 e. The Bertz CT molecular complexity index is 512. The van der Waals surface area contributed by atoms with E-state index in [1.807, 2.05) is 36.4 Å². The van der Waals surface area contributed by atoms with Gasteiger partial charge in [-0.15, -0.1) is 0 Å². The summed E-state index contributed by atoms with van der Waals surface area (Å²) in [6.07, 6.45) is 1.75. The van der Waals surface area contributed by atoms with Gasteiger partial charge in [-0.3, -0.25) is 4.98 Å². The van der Waals surface area contributed by atoms with Crippen molar-refractivity contribution in [3.05, 3.63) is 48.3 Å². The number of aromatic nitrogens is 1. The van der Waals surface area contributed by atoms with Crippen LogP contribution in [0.3, 0.4) is 0 Å². The van der Waals surface area contributed by atoms with Gasteiger partial charge in [-0.05, 0) is 37.6 Å². The highest BCUT2D eigenvalue weighted by atomic mass is 16.3. The maximum Gasteiger partial charge on any atom is 0.101 e. The summed E-state index contributed by atoms with van der Waals surface area (Å²) in [5, 5.41) is 9.81. The summed E-state index contributed by atoms with van der Waals surface area (Å²) < 4.78 is 0. The topological polar surface area (TPSA) is 59.1 Å². The van der Waals surface area contributed by atoms with Gasteiger partial charge in [0.15, 0.2) is 0 Å². The molecule has 3 heteroatoms. The van der Waals surface area contributed by atoms with E-state index < -0.39 is 5.60 Å². The maximum absolute atomic E-state index is 9.81. The van der Waals surface area contributed by atoms with Crippen molar-refractivity contribution in [2.24, 2.45) is 0 Å². The molecule has 0 atom stereocenters. The predicted octanol–water partition coefficient (Wildman–Crippen LogP) is 2.56. The summed E-state index contributed by atoms with van der Waals surface area (Å²) in [7, 11) is 0. The molecule has 0 aliphatic rings. The molecule has 0 saturated carbocycles. The van der Waals surface area contributed by atoms with Crippen molar-refractivity contribution in [1.29, 1.82) is 0 Å². The number of nitrogen functional groups attached to an aromatic ring is 1. The van der Waals surface area contributed by atoms with Crippen molar-refractivity contribution in [3.63, 3.8) is 0 Å². The lowest BCUT2D eigenvalue weighted by atomic mass is 10.0. The number of rotatable bonds is 2. The van der Waals surface area contributed by atoms with Crippen LogP contribution in [0.25, 0.3) is 11.1 Å². The quantitative estimate of drug-likeness (QED) is 0.777. The summed E-state index contributed by atoms with van der Waals surface area (Å²) in [5.74, 6) is 0. The fraction of sp³-hybridized carbons (Fsp3) is 0.214. The van der Waals surface area contributed by atoms with Crippen LogP contribution in [0.1, 0.15) is 19.5 Å². The number of pyridine rings is 1. The molecule has 0 fully saturated rings. The minimum absolute atomic E-state index is 0.658. The summed E-state index contributed by atoms with van der Waals surface area (Å²) in [5.41, 5.74) is 8.23. The molecule has 0 amide bonds. The Kier molecular flexibility index (Phi) is 2.86. The lowest BCUT2D eigenvalue weighted by molar-refractivity contribution is 0.0739. The number of nitrogens with zero attached hydrogens (tertiary/aromatic N) is 1. The second-order valence-corrected chi connectivity index (χ2v) is 4.62. The van der Waals surface area contributed by atoms with Crippen LogP contribution in [-0.4, -0.2) is 10.1 Å². The van der Waals surface area contributed by atoms with Gasteiger partial charge in [0.25, 0.3) is 0 Å². The van der Waals surface area contributed by atoms with Gasteiger partial charge >= 0.3 is 0 Å². The van der Waals surface area contributed by atoms with Crippen LogP contribution in [0.4, 0.5) is 5.69 Å². The molecule has 88 valence electrons. The van der Waals surface area contributed by atoms with E-state index in [2.05, 4.69) is 4.98 Å². The van der Waals surface area contributed by atoms with E-state index in [1.165, 1.54) is 0 Å². The third-order valence-corrected chi connectivity index (χ3v) is 2.61. The van der Waals surface area contributed by atoms with E-state index >= 15 is 0 Å². The molecule has 0 aliphatic carbocycles. The van der Waals surface area contributed by atoms with E-state index in [0.29, 0.717) is 5.69 Å². The van der Waals surface area contributed by atoms with E-state index in [0.717, 1.165) is 16.8 Å². The zero-order valence-electron chi connectivity index (χ0n) is 10.0. The molecule has 3 nitrogen and oxygen atoms in total. The monoisotopic (exact) mass is 228 g/mol. The highest BCUT2D eigenvalue weighted by Crippen LogP contribution is 2.23. The summed E-state index contributed by atoms with van der Waals surface area (Å²) in [6.45, 7) is 3.44. The molecule has 1 heterocycles. The van der Waals surface area contributed by atoms with E-state index in [1.54, 1.807) is 20.0 Å². The molecule has 3 N–H and O–H groups in total. The lowest BCUT2D eigenvalue weighted by Gasteiger charge is -2.16. The summed E-state index contributed by atoms with van der Waals surface area (Å²) >= 11 is 0. The molecule has 0 aliphatic heterocycles. The van der Waals surface area contributed by atoms with Crippen LogP contribution >= 0.6 is 0 Å². The molecule has 2 rings (SSSR count). The zero-order chi connectivity index (χ0) is 12.5. The second-order valence-electron chi connectivity index (χ2n) is 4.62. The zero-order valence-corrected chi connectivity index (χ0v) is 10.0. The SMILES string of the molecule is CC(C)(O)c1ccc(-c2cccc(N)c2)cn1. The number of hydrogen-bond donors (Lipinski definition) is 2. The Balaban J connectivity index is 2.36. The molecule has 17 heavy (non-hydrogen) atoms. The van der Waals surface area contributed by atoms with Gasteiger partial charge in [0.05, 0.1) is 5.69 Å². The molecule has 0 unspecified atom stereocenters. The third kappa shape index (κ3) is 2.63. The number of hydrogen-bond acceptors (Lipinski definition) is 3. The minimum Gasteiger partial charge on any atom is -0.399 e. The van der Waals surface area contributed by atoms with E-state index in [-0.39, 0.29) is 0 Å². The minimum atomic E-state index is -0.908. The molecule has 1 aromatic carbocycles. The Labute approximate surface area is 101 Å². The maximum atomic E-state index is 9.81. The molecule has 0 spiro atoms. The van der Waals surface area contributed by atoms with Gasteiger partial charge in [-0.25, -0.2) is 0 Å². The summed E-state index contributed by atoms with van der Waals surface area (Å²) in [6, 6.07) is 11.4. The largest absolute Gasteiger partial charge is 0.399 e. The van der Waals surface area contributed by atoms with Crippen molar-refractivity contribution in [1.82, 2.24) is 4.98 Å². The fourth-order valence-electron chi connectivity index (χ4n) is 1.64. The molecular weight excluding hydrogens is 212 g/mol. The van der Waals surface area contributed by atoms with Gasteiger partial charge in [0.1, 0.15) is 5.60 Å². The second kappa shape index (κ2) is 4.18. The van der Waals surface area contributed by atoms with Crippen LogP contribution in [0, 0.1) is 0 Å². The standard InChI is InChI=1S/C14H16N2O/c1-14(2,17)13-7-6-11(9-16-13)10-4-3-5-12(15)8-10/h3-9,17H,15H2,1-2H3. The van der Waals surface area contributed by atoms with Gasteiger partial charge < -0.3 is 10.8 Å². The number of aliphatic hydroxyl groups is 1. The Morgan fingerprint density at radius 2 is 1.88 bits per heavy atom. The lowest BCUT2D eigenvalue weighted by Crippen LogP contribution is -2.17. The third-order valence-electron chi connectivity index (χ3n) is 2.61. The van der Waals surface area contributed by atoms with Gasteiger partial charge in [-0.1, -0.05) is 18.2 Å². The Morgan fingerprint density at radius 1 is 1.12 bits per heavy atom. The first kappa shape index (κ1) is 11.6. The Hall–Kier alpha value is -1.87. The predicted molar refractivity (Wildman–Crippen MR) is 69.3 cm³/mol. The van der Waals surface area contributed by atoms with Crippen LogP contribution in [0.2, 0.25) is 0 Å². The molecule has 0 saturated heterocycles. The Morgan fingerprint density at radius 3 is 2.41 bits per heavy atom. The van der Waals surface area contributed by atoms with Crippen molar-refractivity contribution < 1.29 is 5.11 Å². The van der Waals surface area contributed by atoms with Crippen LogP contribution in [0.15, 0.2) is 42.6 Å². The van der Waals surface area contributed by atoms with Crippen LogP contribution in [-0.2, 0) is 5.60 Å². The molecular formula is C14H16N2O. The van der Waals surface area contributed by atoms with Crippen molar-refractivity contribution in [2.75, 3.05) is 5.73 Å². The van der Waals surface area contributed by atoms with Gasteiger partial charge in [-0.2, -0.15) is 0 Å². The molecule has 2 aromatic rings. The van der Waals surface area contributed by atoms with Crippen molar-refractivity contribution in [2.45, 2.75) is 19.4 Å². The van der Waals surface area contributed by atoms with Gasteiger partial charge in [0, 0.05) is 17.4 Å². The fourth-order valence-corrected chi connectivity index (χ4v) is 1.64. The highest BCUT2D eigenvalue weighted by Gasteiger charge is 2.17. The first-order chi connectivity index (χ1) is 7.97. The first-order valence-corrected chi connectivity index (χ1v) is 5.51. The van der Waals surface area contributed by atoms with Crippen LogP contribution in [0.5, 0.6) is 0 Å². The average molecular weight is 228 g/mol. The van der Waals surface area contributed by atoms with E-state index in [4.69, 9.17) is 5.73 Å². The molecule has 0 radical (unpaired) electrons. The normalized spacial score (nSPS) is 11.5.